The number of nitrogens with zero attached hydrogens (tertiary/aromatic N) is 2. The molecule has 0 saturated carbocycles. The van der Waals surface area contributed by atoms with E-state index in [0.29, 0.717) is 5.13 Å². The number of carbonyl (C=O) groups excluding carboxylic acids is 1. The number of piperidine rings is 1. The van der Waals surface area contributed by atoms with E-state index in [1.54, 1.807) is 0 Å². The lowest BCUT2D eigenvalue weighted by Gasteiger charge is -2.30. The second-order valence-electron chi connectivity index (χ2n) is 7.18. The molecule has 140 valence electrons. The van der Waals surface area contributed by atoms with Gasteiger partial charge in [0.2, 0.25) is 0 Å². The monoisotopic (exact) mass is 373 g/mol. The molecule has 1 atom stereocenters. The minimum atomic E-state index is -0.180. The van der Waals surface area contributed by atoms with Crippen molar-refractivity contribution >= 4 is 22.4 Å². The first-order valence-corrected chi connectivity index (χ1v) is 10.0. The van der Waals surface area contributed by atoms with E-state index in [1.165, 1.54) is 24.2 Å². The third kappa shape index (κ3) is 5.05. The Labute approximate surface area is 159 Å². The van der Waals surface area contributed by atoms with E-state index in [4.69, 9.17) is 4.74 Å². The van der Waals surface area contributed by atoms with Gasteiger partial charge in [0.1, 0.15) is 5.75 Å². The molecular formula is C20H27N3O2S. The van der Waals surface area contributed by atoms with E-state index in [2.05, 4.69) is 22.1 Å². The third-order valence-corrected chi connectivity index (χ3v) is 5.49. The Kier molecular flexibility index (Phi) is 6.27. The number of anilines is 1. The van der Waals surface area contributed by atoms with Gasteiger partial charge in [0.25, 0.3) is 5.91 Å². The van der Waals surface area contributed by atoms with Crippen LogP contribution < -0.4 is 10.1 Å². The van der Waals surface area contributed by atoms with Crippen LogP contribution in [0.3, 0.4) is 0 Å². The minimum Gasteiger partial charge on any atom is -0.483 e. The number of hydrogen-bond donors (Lipinski definition) is 1. The number of amides is 1. The van der Waals surface area contributed by atoms with E-state index in [-0.39, 0.29) is 12.5 Å². The first-order valence-electron chi connectivity index (χ1n) is 9.17. The first kappa shape index (κ1) is 18.9. The number of ether oxygens (including phenoxy) is 1. The number of thiazole rings is 1. The lowest BCUT2D eigenvalue weighted by atomic mass is 10.0. The molecule has 2 aromatic rings. The summed E-state index contributed by atoms with van der Waals surface area (Å²) < 4.78 is 5.70. The summed E-state index contributed by atoms with van der Waals surface area (Å²) in [5, 5.41) is 5.51. The lowest BCUT2D eigenvalue weighted by Crippen LogP contribution is -2.33. The molecule has 1 fully saturated rings. The van der Waals surface area contributed by atoms with Crippen LogP contribution in [0.25, 0.3) is 0 Å². The highest BCUT2D eigenvalue weighted by Crippen LogP contribution is 2.23. The molecule has 3 rings (SSSR count). The topological polar surface area (TPSA) is 54.5 Å². The molecule has 1 unspecified atom stereocenters. The van der Waals surface area contributed by atoms with Crippen molar-refractivity contribution in [3.8, 4) is 5.75 Å². The molecule has 1 N–H and O–H groups in total. The molecule has 6 heteroatoms. The van der Waals surface area contributed by atoms with Crippen LogP contribution >= 0.6 is 11.3 Å². The molecule has 0 radical (unpaired) electrons. The fraction of sp³-hybridized carbons (Fsp3) is 0.500. The largest absolute Gasteiger partial charge is 0.483 e. The van der Waals surface area contributed by atoms with Crippen molar-refractivity contribution in [2.24, 2.45) is 5.92 Å². The van der Waals surface area contributed by atoms with Gasteiger partial charge >= 0.3 is 0 Å². The highest BCUT2D eigenvalue weighted by molar-refractivity contribution is 7.13. The van der Waals surface area contributed by atoms with Gasteiger partial charge in [-0.05, 0) is 50.3 Å². The van der Waals surface area contributed by atoms with E-state index in [1.807, 2.05) is 37.4 Å². The summed E-state index contributed by atoms with van der Waals surface area (Å²) >= 11 is 1.47. The van der Waals surface area contributed by atoms with Crippen molar-refractivity contribution in [1.82, 2.24) is 9.88 Å². The second kappa shape index (κ2) is 8.64. The summed E-state index contributed by atoms with van der Waals surface area (Å²) in [6, 6.07) is 5.95. The Hall–Kier alpha value is -1.92. The Morgan fingerprint density at radius 1 is 1.38 bits per heavy atom. The predicted molar refractivity (Wildman–Crippen MR) is 106 cm³/mol. The van der Waals surface area contributed by atoms with E-state index in [9.17, 15) is 4.79 Å². The summed E-state index contributed by atoms with van der Waals surface area (Å²) in [4.78, 5) is 19.2. The zero-order chi connectivity index (χ0) is 18.5. The molecule has 2 heterocycles. The SMILES string of the molecule is Cc1cccc(C)c1OCC(=O)Nc1nc(CN2CCCC(C)C2)cs1. The Bertz CT molecular complexity index is 739. The van der Waals surface area contributed by atoms with Gasteiger partial charge in [0.15, 0.2) is 11.7 Å². The molecule has 1 aromatic heterocycles. The first-order chi connectivity index (χ1) is 12.5. The lowest BCUT2D eigenvalue weighted by molar-refractivity contribution is -0.118. The predicted octanol–water partition coefficient (Wildman–Crippen LogP) is 4.01. The fourth-order valence-electron chi connectivity index (χ4n) is 3.42. The molecule has 0 aliphatic carbocycles. The zero-order valence-corrected chi connectivity index (χ0v) is 16.6. The van der Waals surface area contributed by atoms with Crippen LogP contribution in [0.2, 0.25) is 0 Å². The van der Waals surface area contributed by atoms with Crippen molar-refractivity contribution in [3.05, 3.63) is 40.4 Å². The number of aromatic nitrogens is 1. The van der Waals surface area contributed by atoms with Crippen LogP contribution in [0, 0.1) is 19.8 Å². The van der Waals surface area contributed by atoms with Gasteiger partial charge < -0.3 is 4.74 Å². The molecule has 0 bridgehead atoms. The Morgan fingerprint density at radius 3 is 2.88 bits per heavy atom. The maximum atomic E-state index is 12.2. The van der Waals surface area contributed by atoms with Crippen LogP contribution in [-0.2, 0) is 11.3 Å². The summed E-state index contributed by atoms with van der Waals surface area (Å²) in [6.07, 6.45) is 2.57. The number of aryl methyl sites for hydroxylation is 2. The average Bonchev–Trinajstić information content (AvgIpc) is 3.01. The molecule has 1 amide bonds. The van der Waals surface area contributed by atoms with Gasteiger partial charge in [0, 0.05) is 18.5 Å². The fourth-order valence-corrected chi connectivity index (χ4v) is 4.13. The molecule has 1 aromatic carbocycles. The summed E-state index contributed by atoms with van der Waals surface area (Å²) in [6.45, 7) is 9.37. The molecule has 0 spiro atoms. The average molecular weight is 374 g/mol. The van der Waals surface area contributed by atoms with E-state index >= 15 is 0 Å². The van der Waals surface area contributed by atoms with Crippen molar-refractivity contribution in [3.63, 3.8) is 0 Å². The van der Waals surface area contributed by atoms with E-state index < -0.39 is 0 Å². The number of likely N-dealkylation sites (tertiary alicyclic amines) is 1. The van der Waals surface area contributed by atoms with Crippen LogP contribution in [0.5, 0.6) is 5.75 Å². The van der Waals surface area contributed by atoms with Crippen molar-refractivity contribution in [2.75, 3.05) is 25.0 Å². The van der Waals surface area contributed by atoms with Crippen LogP contribution in [0.4, 0.5) is 5.13 Å². The molecule has 1 aliphatic heterocycles. The van der Waals surface area contributed by atoms with Gasteiger partial charge in [-0.15, -0.1) is 11.3 Å². The van der Waals surface area contributed by atoms with Gasteiger partial charge in [-0.25, -0.2) is 4.98 Å². The zero-order valence-electron chi connectivity index (χ0n) is 15.7. The van der Waals surface area contributed by atoms with Crippen LogP contribution in [-0.4, -0.2) is 35.5 Å². The number of hydrogen-bond acceptors (Lipinski definition) is 5. The number of carbonyl (C=O) groups is 1. The van der Waals surface area contributed by atoms with Crippen molar-refractivity contribution in [1.29, 1.82) is 0 Å². The smallest absolute Gasteiger partial charge is 0.264 e. The maximum Gasteiger partial charge on any atom is 0.264 e. The van der Waals surface area contributed by atoms with Crippen LogP contribution in [0.1, 0.15) is 36.6 Å². The Balaban J connectivity index is 1.50. The highest BCUT2D eigenvalue weighted by atomic mass is 32.1. The number of benzene rings is 1. The Morgan fingerprint density at radius 2 is 2.15 bits per heavy atom. The molecule has 1 aliphatic rings. The third-order valence-electron chi connectivity index (χ3n) is 4.68. The number of para-hydroxylation sites is 1. The highest BCUT2D eigenvalue weighted by Gasteiger charge is 2.17. The van der Waals surface area contributed by atoms with Crippen molar-refractivity contribution < 1.29 is 9.53 Å². The molecule has 26 heavy (non-hydrogen) atoms. The molecule has 1 saturated heterocycles. The maximum absolute atomic E-state index is 12.2. The van der Waals surface area contributed by atoms with Gasteiger partial charge in [-0.2, -0.15) is 0 Å². The number of nitrogens with one attached hydrogen (secondary N) is 1. The van der Waals surface area contributed by atoms with Gasteiger partial charge in [-0.3, -0.25) is 15.0 Å². The standard InChI is InChI=1S/C20H27N3O2S/c1-14-6-5-9-23(10-14)11-17-13-26-20(21-17)22-18(24)12-25-19-15(2)7-4-8-16(19)3/h4,7-8,13-14H,5-6,9-12H2,1-3H3,(H,21,22,24). The second-order valence-corrected chi connectivity index (χ2v) is 8.04. The summed E-state index contributed by atoms with van der Waals surface area (Å²) in [5.41, 5.74) is 3.09. The summed E-state index contributed by atoms with van der Waals surface area (Å²) in [7, 11) is 0. The molecule has 5 nitrogen and oxygen atoms in total. The number of rotatable bonds is 6. The van der Waals surface area contributed by atoms with Gasteiger partial charge in [0.05, 0.1) is 5.69 Å². The normalized spacial score (nSPS) is 17.9. The van der Waals surface area contributed by atoms with E-state index in [0.717, 1.165) is 48.1 Å². The van der Waals surface area contributed by atoms with Gasteiger partial charge in [-0.1, -0.05) is 25.1 Å². The molecular weight excluding hydrogens is 346 g/mol. The minimum absolute atomic E-state index is 0.00968. The summed E-state index contributed by atoms with van der Waals surface area (Å²) in [5.74, 6) is 1.35. The quantitative estimate of drug-likeness (QED) is 0.831. The van der Waals surface area contributed by atoms with Crippen LogP contribution in [0.15, 0.2) is 23.6 Å². The van der Waals surface area contributed by atoms with Crippen molar-refractivity contribution in [2.45, 2.75) is 40.2 Å².